The molecule has 1 fully saturated rings. The SMILES string of the molecule is COc1cccc(C(=O)NCC(=O)OCC(=O)N(c2ccccc2)C2CCCCC2)c1. The Bertz CT molecular complexity index is 894. The Morgan fingerprint density at radius 3 is 2.45 bits per heavy atom. The van der Waals surface area contributed by atoms with Crippen molar-refractivity contribution >= 4 is 23.5 Å². The molecule has 164 valence electrons. The van der Waals surface area contributed by atoms with E-state index >= 15 is 0 Å². The highest BCUT2D eigenvalue weighted by molar-refractivity contribution is 5.97. The van der Waals surface area contributed by atoms with Gasteiger partial charge in [0.05, 0.1) is 7.11 Å². The van der Waals surface area contributed by atoms with Crippen molar-refractivity contribution < 1.29 is 23.9 Å². The zero-order valence-electron chi connectivity index (χ0n) is 17.7. The van der Waals surface area contributed by atoms with Crippen LogP contribution in [0.15, 0.2) is 54.6 Å². The summed E-state index contributed by atoms with van der Waals surface area (Å²) >= 11 is 0. The van der Waals surface area contributed by atoms with E-state index in [1.165, 1.54) is 13.5 Å². The summed E-state index contributed by atoms with van der Waals surface area (Å²) in [5.41, 5.74) is 1.18. The van der Waals surface area contributed by atoms with Crippen LogP contribution in [0, 0.1) is 0 Å². The first-order chi connectivity index (χ1) is 15.1. The van der Waals surface area contributed by atoms with Gasteiger partial charge in [-0.15, -0.1) is 0 Å². The molecule has 0 atom stereocenters. The van der Waals surface area contributed by atoms with E-state index in [-0.39, 0.29) is 25.1 Å². The van der Waals surface area contributed by atoms with Crippen molar-refractivity contribution in [1.82, 2.24) is 5.32 Å². The largest absolute Gasteiger partial charge is 0.497 e. The minimum Gasteiger partial charge on any atom is -0.497 e. The average molecular weight is 424 g/mol. The Labute approximate surface area is 182 Å². The third-order valence-corrected chi connectivity index (χ3v) is 5.32. The van der Waals surface area contributed by atoms with Gasteiger partial charge in [-0.25, -0.2) is 0 Å². The molecule has 0 bridgehead atoms. The van der Waals surface area contributed by atoms with E-state index in [1.807, 2.05) is 30.3 Å². The number of nitrogens with one attached hydrogen (secondary N) is 1. The number of nitrogens with zero attached hydrogens (tertiary/aromatic N) is 1. The molecule has 0 radical (unpaired) electrons. The van der Waals surface area contributed by atoms with Crippen LogP contribution in [0.3, 0.4) is 0 Å². The summed E-state index contributed by atoms with van der Waals surface area (Å²) in [6.07, 6.45) is 5.21. The van der Waals surface area contributed by atoms with Gasteiger partial charge in [0, 0.05) is 17.3 Å². The topological polar surface area (TPSA) is 84.9 Å². The number of benzene rings is 2. The van der Waals surface area contributed by atoms with Crippen LogP contribution in [0.1, 0.15) is 42.5 Å². The van der Waals surface area contributed by atoms with Crippen LogP contribution in [0.4, 0.5) is 5.69 Å². The smallest absolute Gasteiger partial charge is 0.325 e. The first-order valence-corrected chi connectivity index (χ1v) is 10.5. The van der Waals surface area contributed by atoms with E-state index in [1.54, 1.807) is 29.2 Å². The zero-order valence-corrected chi connectivity index (χ0v) is 17.7. The molecule has 7 heteroatoms. The minimum atomic E-state index is -0.666. The van der Waals surface area contributed by atoms with E-state index in [2.05, 4.69) is 5.32 Å². The fourth-order valence-corrected chi connectivity index (χ4v) is 3.77. The third kappa shape index (κ3) is 6.31. The molecule has 2 aromatic rings. The van der Waals surface area contributed by atoms with E-state index in [9.17, 15) is 14.4 Å². The molecule has 0 aliphatic heterocycles. The molecule has 0 aromatic heterocycles. The lowest BCUT2D eigenvalue weighted by molar-refractivity contribution is -0.146. The number of hydrogen-bond acceptors (Lipinski definition) is 5. The van der Waals surface area contributed by atoms with Crippen molar-refractivity contribution in [3.8, 4) is 5.75 Å². The number of hydrogen-bond donors (Lipinski definition) is 1. The average Bonchev–Trinajstić information content (AvgIpc) is 2.82. The fraction of sp³-hybridized carbons (Fsp3) is 0.375. The molecule has 2 amide bonds. The van der Waals surface area contributed by atoms with E-state index < -0.39 is 11.9 Å². The van der Waals surface area contributed by atoms with Crippen LogP contribution in [-0.4, -0.2) is 44.1 Å². The lowest BCUT2D eigenvalue weighted by atomic mass is 9.93. The number of esters is 1. The molecule has 7 nitrogen and oxygen atoms in total. The Kier molecular flexibility index (Phi) is 8.04. The third-order valence-electron chi connectivity index (χ3n) is 5.32. The number of anilines is 1. The maximum Gasteiger partial charge on any atom is 0.325 e. The maximum absolute atomic E-state index is 12.9. The standard InChI is InChI=1S/C24H28N2O5/c1-30-21-14-8-9-18(15-21)24(29)25-16-23(28)31-17-22(27)26(19-10-4-2-5-11-19)20-12-6-3-7-13-20/h2,4-5,8-11,14-15,20H,3,6-7,12-13,16-17H2,1H3,(H,25,29). The van der Waals surface area contributed by atoms with Crippen molar-refractivity contribution in [3.05, 3.63) is 60.2 Å². The monoisotopic (exact) mass is 424 g/mol. The Morgan fingerprint density at radius 1 is 1.00 bits per heavy atom. The second-order valence-corrected chi connectivity index (χ2v) is 7.47. The quantitative estimate of drug-likeness (QED) is 0.657. The molecule has 1 aliphatic rings. The summed E-state index contributed by atoms with van der Waals surface area (Å²) in [5, 5.41) is 2.50. The van der Waals surface area contributed by atoms with Crippen molar-refractivity contribution in [2.75, 3.05) is 25.2 Å². The van der Waals surface area contributed by atoms with E-state index in [4.69, 9.17) is 9.47 Å². The van der Waals surface area contributed by atoms with Gasteiger partial charge in [-0.1, -0.05) is 43.5 Å². The van der Waals surface area contributed by atoms with Crippen LogP contribution in [0.5, 0.6) is 5.75 Å². The van der Waals surface area contributed by atoms with Gasteiger partial charge in [-0.2, -0.15) is 0 Å². The second-order valence-electron chi connectivity index (χ2n) is 7.47. The first kappa shape index (κ1) is 22.3. The lowest BCUT2D eigenvalue weighted by Crippen LogP contribution is -2.44. The van der Waals surface area contributed by atoms with Gasteiger partial charge in [0.25, 0.3) is 11.8 Å². The molecule has 3 rings (SSSR count). The molecule has 2 aromatic carbocycles. The fourth-order valence-electron chi connectivity index (χ4n) is 3.77. The van der Waals surface area contributed by atoms with Gasteiger partial charge < -0.3 is 19.7 Å². The molecule has 1 N–H and O–H groups in total. The highest BCUT2D eigenvalue weighted by atomic mass is 16.5. The highest BCUT2D eigenvalue weighted by Crippen LogP contribution is 2.27. The highest BCUT2D eigenvalue weighted by Gasteiger charge is 2.27. The summed E-state index contributed by atoms with van der Waals surface area (Å²) in [6.45, 7) is -0.683. The summed E-state index contributed by atoms with van der Waals surface area (Å²) in [6, 6.07) is 16.2. The molecular weight excluding hydrogens is 396 g/mol. The van der Waals surface area contributed by atoms with Gasteiger partial charge >= 0.3 is 5.97 Å². The van der Waals surface area contributed by atoms with Crippen molar-refractivity contribution in [2.45, 2.75) is 38.1 Å². The van der Waals surface area contributed by atoms with Gasteiger partial charge in [0.1, 0.15) is 12.3 Å². The van der Waals surface area contributed by atoms with Crippen molar-refractivity contribution in [2.24, 2.45) is 0 Å². The Hall–Kier alpha value is -3.35. The maximum atomic E-state index is 12.9. The molecule has 0 spiro atoms. The number of carbonyl (C=O) groups excluding carboxylic acids is 3. The van der Waals surface area contributed by atoms with Gasteiger partial charge in [0.15, 0.2) is 6.61 Å². The summed E-state index contributed by atoms with van der Waals surface area (Å²) < 4.78 is 10.2. The molecule has 1 saturated carbocycles. The summed E-state index contributed by atoms with van der Waals surface area (Å²) in [7, 11) is 1.51. The van der Waals surface area contributed by atoms with E-state index in [0.717, 1.165) is 31.4 Å². The van der Waals surface area contributed by atoms with E-state index in [0.29, 0.717) is 11.3 Å². The number of carbonyl (C=O) groups is 3. The molecular formula is C24H28N2O5. The lowest BCUT2D eigenvalue weighted by Gasteiger charge is -2.34. The predicted octanol–water partition coefficient (Wildman–Crippen LogP) is 3.33. The van der Waals surface area contributed by atoms with Gasteiger partial charge in [-0.05, 0) is 43.2 Å². The van der Waals surface area contributed by atoms with Crippen LogP contribution in [-0.2, 0) is 14.3 Å². The van der Waals surface area contributed by atoms with Gasteiger partial charge in [-0.3, -0.25) is 14.4 Å². The molecule has 0 saturated heterocycles. The molecule has 0 unspecified atom stereocenters. The van der Waals surface area contributed by atoms with Gasteiger partial charge in [0.2, 0.25) is 0 Å². The summed E-state index contributed by atoms with van der Waals surface area (Å²) in [4.78, 5) is 39.0. The number of rotatable bonds is 8. The predicted molar refractivity (Wildman–Crippen MR) is 117 cm³/mol. The number of ether oxygens (including phenoxy) is 2. The number of amides is 2. The first-order valence-electron chi connectivity index (χ1n) is 10.5. The zero-order chi connectivity index (χ0) is 22.1. The van der Waals surface area contributed by atoms with Crippen LogP contribution in [0.25, 0.3) is 0 Å². The molecule has 31 heavy (non-hydrogen) atoms. The van der Waals surface area contributed by atoms with Crippen LogP contribution >= 0.6 is 0 Å². The van der Waals surface area contributed by atoms with Crippen molar-refractivity contribution in [1.29, 1.82) is 0 Å². The Morgan fingerprint density at radius 2 is 1.74 bits per heavy atom. The minimum absolute atomic E-state index is 0.107. The summed E-state index contributed by atoms with van der Waals surface area (Å²) in [5.74, 6) is -0.799. The number of para-hydroxylation sites is 1. The van der Waals surface area contributed by atoms with Crippen molar-refractivity contribution in [3.63, 3.8) is 0 Å². The van der Waals surface area contributed by atoms with Crippen LogP contribution in [0.2, 0.25) is 0 Å². The van der Waals surface area contributed by atoms with Crippen LogP contribution < -0.4 is 15.0 Å². The second kappa shape index (κ2) is 11.2. The normalized spacial score (nSPS) is 13.8. The number of methoxy groups -OCH3 is 1. The molecule has 1 aliphatic carbocycles. The Balaban J connectivity index is 1.53. The molecule has 0 heterocycles.